The lowest BCUT2D eigenvalue weighted by Crippen LogP contribution is -2.56. The van der Waals surface area contributed by atoms with Gasteiger partial charge < -0.3 is 10.0 Å². The Labute approximate surface area is 104 Å². The van der Waals surface area contributed by atoms with E-state index in [0.29, 0.717) is 18.4 Å². The van der Waals surface area contributed by atoms with Crippen molar-refractivity contribution in [2.24, 2.45) is 5.92 Å². The fraction of sp³-hybridized carbons (Fsp3) is 0.923. The van der Waals surface area contributed by atoms with Crippen LogP contribution in [-0.2, 0) is 4.79 Å². The maximum atomic E-state index is 11.2. The van der Waals surface area contributed by atoms with Crippen LogP contribution >= 0.6 is 0 Å². The third kappa shape index (κ3) is 2.63. The summed E-state index contributed by atoms with van der Waals surface area (Å²) in [4.78, 5) is 15.9. The van der Waals surface area contributed by atoms with E-state index in [4.69, 9.17) is 0 Å². The largest absolute Gasteiger partial charge is 0.480 e. The second-order valence-corrected chi connectivity index (χ2v) is 5.50. The van der Waals surface area contributed by atoms with Gasteiger partial charge in [0, 0.05) is 19.1 Å². The second kappa shape index (κ2) is 5.36. The van der Waals surface area contributed by atoms with E-state index in [1.54, 1.807) is 0 Å². The number of fused-ring (bicyclic) bond motifs is 1. The zero-order valence-corrected chi connectivity index (χ0v) is 10.9. The summed E-state index contributed by atoms with van der Waals surface area (Å²) in [6.45, 7) is 5.09. The molecule has 2 saturated heterocycles. The van der Waals surface area contributed by atoms with Gasteiger partial charge >= 0.3 is 5.97 Å². The van der Waals surface area contributed by atoms with Gasteiger partial charge in [0.05, 0.1) is 0 Å². The topological polar surface area (TPSA) is 43.8 Å². The quantitative estimate of drug-likeness (QED) is 0.806. The number of nitrogens with zero attached hydrogens (tertiary/aromatic N) is 2. The predicted molar refractivity (Wildman–Crippen MR) is 67.0 cm³/mol. The number of piperidine rings is 2. The minimum atomic E-state index is -0.657. The summed E-state index contributed by atoms with van der Waals surface area (Å²) in [6.07, 6.45) is 4.37. The molecule has 0 aromatic carbocycles. The molecule has 0 aromatic heterocycles. The number of carboxylic acids is 1. The molecule has 4 nitrogen and oxygen atoms in total. The maximum absolute atomic E-state index is 11.2. The van der Waals surface area contributed by atoms with Crippen LogP contribution in [0.3, 0.4) is 0 Å². The number of aliphatic carboxylic acids is 1. The maximum Gasteiger partial charge on any atom is 0.320 e. The van der Waals surface area contributed by atoms with Crippen LogP contribution in [-0.4, -0.2) is 59.6 Å². The van der Waals surface area contributed by atoms with Crippen molar-refractivity contribution in [2.75, 3.05) is 26.7 Å². The van der Waals surface area contributed by atoms with Crippen molar-refractivity contribution < 1.29 is 9.90 Å². The third-order valence-corrected chi connectivity index (χ3v) is 4.49. The molecule has 2 aliphatic heterocycles. The SMILES string of the molecule is CCC(C(=O)O)N1CCC2C(CCCN2C)C1. The fourth-order valence-corrected chi connectivity index (χ4v) is 3.55. The molecule has 98 valence electrons. The summed E-state index contributed by atoms with van der Waals surface area (Å²) >= 11 is 0. The molecule has 2 heterocycles. The standard InChI is InChI=1S/C13H24N2O2/c1-3-11(13(16)17)15-8-6-12-10(9-15)5-4-7-14(12)2/h10-12H,3-9H2,1-2H3,(H,16,17). The number of carbonyl (C=O) groups is 1. The monoisotopic (exact) mass is 240 g/mol. The van der Waals surface area contributed by atoms with Crippen molar-refractivity contribution in [1.29, 1.82) is 0 Å². The molecule has 0 spiro atoms. The smallest absolute Gasteiger partial charge is 0.320 e. The highest BCUT2D eigenvalue weighted by Crippen LogP contribution is 2.30. The van der Waals surface area contributed by atoms with Gasteiger partial charge in [-0.05, 0) is 45.2 Å². The van der Waals surface area contributed by atoms with Crippen LogP contribution in [0.5, 0.6) is 0 Å². The minimum absolute atomic E-state index is 0.275. The molecule has 0 aromatic rings. The summed E-state index contributed by atoms with van der Waals surface area (Å²) in [7, 11) is 2.21. The van der Waals surface area contributed by atoms with E-state index in [1.165, 1.54) is 19.4 Å². The van der Waals surface area contributed by atoms with Crippen LogP contribution in [0.4, 0.5) is 0 Å². The van der Waals surface area contributed by atoms with Crippen LogP contribution in [0.25, 0.3) is 0 Å². The summed E-state index contributed by atoms with van der Waals surface area (Å²) in [5.74, 6) is 0.0195. The Balaban J connectivity index is 1.99. The lowest BCUT2D eigenvalue weighted by molar-refractivity contribution is -0.145. The highest BCUT2D eigenvalue weighted by atomic mass is 16.4. The fourth-order valence-electron chi connectivity index (χ4n) is 3.55. The van der Waals surface area contributed by atoms with E-state index in [1.807, 2.05) is 6.92 Å². The molecule has 2 fully saturated rings. The van der Waals surface area contributed by atoms with Crippen molar-refractivity contribution in [3.8, 4) is 0 Å². The molecule has 3 atom stereocenters. The Morgan fingerprint density at radius 3 is 2.82 bits per heavy atom. The zero-order chi connectivity index (χ0) is 12.4. The van der Waals surface area contributed by atoms with Crippen LogP contribution in [0.1, 0.15) is 32.6 Å². The van der Waals surface area contributed by atoms with Gasteiger partial charge in [-0.3, -0.25) is 9.69 Å². The van der Waals surface area contributed by atoms with E-state index in [0.717, 1.165) is 19.5 Å². The van der Waals surface area contributed by atoms with Gasteiger partial charge in [0.2, 0.25) is 0 Å². The molecular formula is C13H24N2O2. The molecule has 3 unspecified atom stereocenters. The number of carboxylic acid groups (broad SMARTS) is 1. The average Bonchev–Trinajstić information content (AvgIpc) is 2.29. The molecule has 2 rings (SSSR count). The van der Waals surface area contributed by atoms with Crippen LogP contribution in [0, 0.1) is 5.92 Å². The minimum Gasteiger partial charge on any atom is -0.480 e. The molecule has 0 amide bonds. The van der Waals surface area contributed by atoms with E-state index in [9.17, 15) is 9.90 Å². The van der Waals surface area contributed by atoms with E-state index in [-0.39, 0.29) is 6.04 Å². The van der Waals surface area contributed by atoms with E-state index >= 15 is 0 Å². The molecule has 1 N–H and O–H groups in total. The average molecular weight is 240 g/mol. The van der Waals surface area contributed by atoms with Crippen molar-refractivity contribution in [3.05, 3.63) is 0 Å². The summed E-state index contributed by atoms with van der Waals surface area (Å²) in [5.41, 5.74) is 0. The Morgan fingerprint density at radius 1 is 1.41 bits per heavy atom. The number of hydrogen-bond acceptors (Lipinski definition) is 3. The van der Waals surface area contributed by atoms with E-state index < -0.39 is 5.97 Å². The Morgan fingerprint density at radius 2 is 2.18 bits per heavy atom. The highest BCUT2D eigenvalue weighted by Gasteiger charge is 2.37. The Hall–Kier alpha value is -0.610. The predicted octanol–water partition coefficient (Wildman–Crippen LogP) is 1.27. The van der Waals surface area contributed by atoms with Crippen LogP contribution in [0.15, 0.2) is 0 Å². The summed E-state index contributed by atoms with van der Waals surface area (Å²) in [6, 6.07) is 0.412. The Kier molecular flexibility index (Phi) is 4.05. The second-order valence-electron chi connectivity index (χ2n) is 5.50. The first-order valence-electron chi connectivity index (χ1n) is 6.80. The molecule has 0 aliphatic carbocycles. The van der Waals surface area contributed by atoms with Gasteiger partial charge in [0.15, 0.2) is 0 Å². The first-order valence-corrected chi connectivity index (χ1v) is 6.80. The number of rotatable bonds is 3. The van der Waals surface area contributed by atoms with Crippen LogP contribution < -0.4 is 0 Å². The van der Waals surface area contributed by atoms with Gasteiger partial charge in [-0.25, -0.2) is 0 Å². The van der Waals surface area contributed by atoms with Crippen molar-refractivity contribution in [3.63, 3.8) is 0 Å². The number of likely N-dealkylation sites (tertiary alicyclic amines) is 2. The normalized spacial score (nSPS) is 33.1. The lowest BCUT2D eigenvalue weighted by Gasteiger charge is -2.47. The van der Waals surface area contributed by atoms with Crippen molar-refractivity contribution >= 4 is 5.97 Å². The van der Waals surface area contributed by atoms with Gasteiger partial charge in [0.1, 0.15) is 6.04 Å². The number of hydrogen-bond donors (Lipinski definition) is 1. The summed E-state index contributed by atoms with van der Waals surface area (Å²) in [5, 5.41) is 9.22. The molecule has 0 radical (unpaired) electrons. The zero-order valence-electron chi connectivity index (χ0n) is 10.9. The van der Waals surface area contributed by atoms with Crippen molar-refractivity contribution in [1.82, 2.24) is 9.80 Å². The van der Waals surface area contributed by atoms with Gasteiger partial charge in [-0.2, -0.15) is 0 Å². The van der Waals surface area contributed by atoms with Gasteiger partial charge in [-0.1, -0.05) is 6.92 Å². The third-order valence-electron chi connectivity index (χ3n) is 4.49. The molecule has 0 bridgehead atoms. The summed E-state index contributed by atoms with van der Waals surface area (Å²) < 4.78 is 0. The molecule has 2 aliphatic rings. The lowest BCUT2D eigenvalue weighted by atomic mass is 9.83. The molecule has 0 saturated carbocycles. The molecular weight excluding hydrogens is 216 g/mol. The molecule has 17 heavy (non-hydrogen) atoms. The van der Waals surface area contributed by atoms with Crippen LogP contribution in [0.2, 0.25) is 0 Å². The first-order chi connectivity index (χ1) is 8.13. The van der Waals surface area contributed by atoms with Gasteiger partial charge in [0.25, 0.3) is 0 Å². The Bertz CT molecular complexity index is 283. The van der Waals surface area contributed by atoms with Crippen molar-refractivity contribution in [2.45, 2.75) is 44.7 Å². The highest BCUT2D eigenvalue weighted by molar-refractivity contribution is 5.73. The first kappa shape index (κ1) is 12.8. The van der Waals surface area contributed by atoms with E-state index in [2.05, 4.69) is 16.8 Å². The molecule has 4 heteroatoms. The van der Waals surface area contributed by atoms with Gasteiger partial charge in [-0.15, -0.1) is 0 Å².